The smallest absolute Gasteiger partial charge is 0.149 e. The average molecular weight is 270 g/mol. The lowest BCUT2D eigenvalue weighted by Crippen LogP contribution is -2.28. The highest BCUT2D eigenvalue weighted by atomic mass is 15.3. The number of aromatic nitrogens is 3. The first kappa shape index (κ1) is 13.3. The predicted octanol–water partition coefficient (Wildman–Crippen LogP) is 2.93. The summed E-state index contributed by atoms with van der Waals surface area (Å²) in [4.78, 5) is 0. The molecule has 2 unspecified atom stereocenters. The predicted molar refractivity (Wildman–Crippen MR) is 79.2 cm³/mol. The zero-order valence-electron chi connectivity index (χ0n) is 12.4. The van der Waals surface area contributed by atoms with Crippen molar-refractivity contribution in [3.8, 4) is 0 Å². The summed E-state index contributed by atoms with van der Waals surface area (Å²) in [6.45, 7) is 4.29. The Balaban J connectivity index is 1.78. The zero-order chi connectivity index (χ0) is 14.1. The molecule has 1 aliphatic carbocycles. The van der Waals surface area contributed by atoms with E-state index in [2.05, 4.69) is 53.6 Å². The Morgan fingerprint density at radius 1 is 1.25 bits per heavy atom. The summed E-state index contributed by atoms with van der Waals surface area (Å²) >= 11 is 0. The number of nitrogens with zero attached hydrogens (tertiary/aromatic N) is 3. The molecule has 20 heavy (non-hydrogen) atoms. The minimum absolute atomic E-state index is 0.203. The standard InChI is InChI=1S/C16H22N4/c1-11-4-6-13(7-5-11)15(14-8-9-14)18-12(2)16-19-17-10-20(16)3/h4-7,10,12,14-15,18H,8-9H2,1-3H3. The van der Waals surface area contributed by atoms with Crippen LogP contribution in [0, 0.1) is 12.8 Å². The second kappa shape index (κ2) is 5.37. The van der Waals surface area contributed by atoms with Crippen LogP contribution < -0.4 is 5.32 Å². The lowest BCUT2D eigenvalue weighted by Gasteiger charge is -2.23. The van der Waals surface area contributed by atoms with Crippen molar-refractivity contribution in [3.63, 3.8) is 0 Å². The van der Waals surface area contributed by atoms with Crippen molar-refractivity contribution in [2.24, 2.45) is 13.0 Å². The van der Waals surface area contributed by atoms with E-state index >= 15 is 0 Å². The monoisotopic (exact) mass is 270 g/mol. The van der Waals surface area contributed by atoms with Gasteiger partial charge in [0, 0.05) is 13.1 Å². The van der Waals surface area contributed by atoms with Crippen molar-refractivity contribution in [3.05, 3.63) is 47.5 Å². The van der Waals surface area contributed by atoms with Crippen molar-refractivity contribution in [1.82, 2.24) is 20.1 Å². The number of hydrogen-bond donors (Lipinski definition) is 1. The Morgan fingerprint density at radius 3 is 2.50 bits per heavy atom. The summed E-state index contributed by atoms with van der Waals surface area (Å²) in [6.07, 6.45) is 4.39. The Labute approximate surface area is 120 Å². The summed E-state index contributed by atoms with van der Waals surface area (Å²) < 4.78 is 1.98. The molecule has 1 aromatic carbocycles. The highest BCUT2D eigenvalue weighted by Gasteiger charge is 2.33. The van der Waals surface area contributed by atoms with E-state index in [1.807, 2.05) is 11.6 Å². The molecule has 4 nitrogen and oxygen atoms in total. The fourth-order valence-corrected chi connectivity index (χ4v) is 2.74. The first-order valence-electron chi connectivity index (χ1n) is 7.31. The van der Waals surface area contributed by atoms with Gasteiger partial charge in [-0.3, -0.25) is 0 Å². The third kappa shape index (κ3) is 2.75. The van der Waals surface area contributed by atoms with Crippen molar-refractivity contribution in [2.45, 2.75) is 38.8 Å². The van der Waals surface area contributed by atoms with Gasteiger partial charge in [-0.15, -0.1) is 10.2 Å². The SMILES string of the molecule is Cc1ccc(C(NC(C)c2nncn2C)C2CC2)cc1. The first-order chi connectivity index (χ1) is 9.65. The van der Waals surface area contributed by atoms with E-state index in [4.69, 9.17) is 0 Å². The van der Waals surface area contributed by atoms with E-state index in [0.717, 1.165) is 11.7 Å². The van der Waals surface area contributed by atoms with Crippen molar-refractivity contribution in [1.29, 1.82) is 0 Å². The highest BCUT2D eigenvalue weighted by Crippen LogP contribution is 2.42. The van der Waals surface area contributed by atoms with Gasteiger partial charge in [-0.1, -0.05) is 29.8 Å². The molecular formula is C16H22N4. The first-order valence-corrected chi connectivity index (χ1v) is 7.31. The maximum absolute atomic E-state index is 4.21. The van der Waals surface area contributed by atoms with Crippen LogP contribution in [0.5, 0.6) is 0 Å². The number of nitrogens with one attached hydrogen (secondary N) is 1. The number of aryl methyl sites for hydroxylation is 2. The third-order valence-corrected chi connectivity index (χ3v) is 4.09. The van der Waals surface area contributed by atoms with E-state index in [0.29, 0.717) is 6.04 Å². The van der Waals surface area contributed by atoms with Gasteiger partial charge in [0.2, 0.25) is 0 Å². The van der Waals surface area contributed by atoms with E-state index < -0.39 is 0 Å². The van der Waals surface area contributed by atoms with Crippen molar-refractivity contribution in [2.75, 3.05) is 0 Å². The molecule has 0 amide bonds. The number of hydrogen-bond acceptors (Lipinski definition) is 3. The summed E-state index contributed by atoms with van der Waals surface area (Å²) in [5, 5.41) is 11.9. The lowest BCUT2D eigenvalue weighted by atomic mass is 10.00. The van der Waals surface area contributed by atoms with Gasteiger partial charge in [0.25, 0.3) is 0 Å². The van der Waals surface area contributed by atoms with Crippen LogP contribution in [0.15, 0.2) is 30.6 Å². The Kier molecular flexibility index (Phi) is 3.57. The van der Waals surface area contributed by atoms with Gasteiger partial charge in [0.05, 0.1) is 6.04 Å². The molecule has 1 N–H and O–H groups in total. The van der Waals surface area contributed by atoms with E-state index in [1.165, 1.54) is 24.0 Å². The van der Waals surface area contributed by atoms with Gasteiger partial charge in [-0.25, -0.2) is 0 Å². The van der Waals surface area contributed by atoms with E-state index in [1.54, 1.807) is 6.33 Å². The van der Waals surface area contributed by atoms with Crippen molar-refractivity contribution >= 4 is 0 Å². The van der Waals surface area contributed by atoms with Crippen LogP contribution in [-0.4, -0.2) is 14.8 Å². The molecule has 0 saturated heterocycles. The normalized spacial score (nSPS) is 17.9. The number of rotatable bonds is 5. The average Bonchev–Trinajstić information content (AvgIpc) is 3.18. The van der Waals surface area contributed by atoms with Gasteiger partial charge in [0.15, 0.2) is 0 Å². The Hall–Kier alpha value is -1.68. The fraction of sp³-hybridized carbons (Fsp3) is 0.500. The Morgan fingerprint density at radius 2 is 1.95 bits per heavy atom. The molecule has 1 heterocycles. The van der Waals surface area contributed by atoms with E-state index in [-0.39, 0.29) is 6.04 Å². The maximum atomic E-state index is 4.21. The molecule has 1 saturated carbocycles. The second-order valence-corrected chi connectivity index (χ2v) is 5.91. The minimum Gasteiger partial charge on any atom is -0.319 e. The van der Waals surface area contributed by atoms with Crippen LogP contribution in [0.2, 0.25) is 0 Å². The quantitative estimate of drug-likeness (QED) is 0.908. The molecule has 106 valence electrons. The van der Waals surface area contributed by atoms with Crippen molar-refractivity contribution < 1.29 is 0 Å². The van der Waals surface area contributed by atoms with Gasteiger partial charge < -0.3 is 9.88 Å². The van der Waals surface area contributed by atoms with Gasteiger partial charge >= 0.3 is 0 Å². The van der Waals surface area contributed by atoms with Crippen LogP contribution in [0.25, 0.3) is 0 Å². The minimum atomic E-state index is 0.203. The summed E-state index contributed by atoms with van der Waals surface area (Å²) in [5.74, 6) is 1.75. The molecule has 2 atom stereocenters. The Bertz CT molecular complexity index is 568. The summed E-state index contributed by atoms with van der Waals surface area (Å²) in [5.41, 5.74) is 2.69. The number of benzene rings is 1. The maximum Gasteiger partial charge on any atom is 0.149 e. The van der Waals surface area contributed by atoms with Gasteiger partial charge in [-0.2, -0.15) is 0 Å². The molecule has 2 aromatic rings. The molecule has 0 bridgehead atoms. The van der Waals surface area contributed by atoms with Crippen LogP contribution in [-0.2, 0) is 7.05 Å². The fourth-order valence-electron chi connectivity index (χ4n) is 2.74. The lowest BCUT2D eigenvalue weighted by molar-refractivity contribution is 0.410. The van der Waals surface area contributed by atoms with E-state index in [9.17, 15) is 0 Å². The van der Waals surface area contributed by atoms with Gasteiger partial charge in [0.1, 0.15) is 12.2 Å². The molecule has 1 aliphatic rings. The van der Waals surface area contributed by atoms with Crippen LogP contribution in [0.3, 0.4) is 0 Å². The topological polar surface area (TPSA) is 42.7 Å². The van der Waals surface area contributed by atoms with Crippen LogP contribution in [0.4, 0.5) is 0 Å². The molecule has 0 spiro atoms. The summed E-state index contributed by atoms with van der Waals surface area (Å²) in [7, 11) is 1.99. The largest absolute Gasteiger partial charge is 0.319 e. The van der Waals surface area contributed by atoms with Crippen LogP contribution >= 0.6 is 0 Å². The molecule has 1 aromatic heterocycles. The second-order valence-electron chi connectivity index (χ2n) is 5.91. The van der Waals surface area contributed by atoms with Gasteiger partial charge in [-0.05, 0) is 38.2 Å². The molecule has 0 radical (unpaired) electrons. The summed E-state index contributed by atoms with van der Waals surface area (Å²) in [6, 6.07) is 9.50. The van der Waals surface area contributed by atoms with Crippen LogP contribution in [0.1, 0.15) is 48.8 Å². The molecule has 4 heteroatoms. The molecule has 1 fully saturated rings. The molecule has 3 rings (SSSR count). The highest BCUT2D eigenvalue weighted by molar-refractivity contribution is 5.26. The molecular weight excluding hydrogens is 248 g/mol. The zero-order valence-corrected chi connectivity index (χ0v) is 12.4. The third-order valence-electron chi connectivity index (χ3n) is 4.09. The molecule has 0 aliphatic heterocycles.